The number of benzene rings is 1. The number of aromatic nitrogens is 4. The minimum Gasteiger partial charge on any atom is -0.348 e. The molecule has 3 rings (SSSR count). The fourth-order valence-corrected chi connectivity index (χ4v) is 4.48. The van der Waals surface area contributed by atoms with Gasteiger partial charge in [0.05, 0.1) is 0 Å². The molecular weight excluding hydrogens is 338 g/mol. The highest BCUT2D eigenvalue weighted by Crippen LogP contribution is 2.30. The first-order chi connectivity index (χ1) is 11.5. The largest absolute Gasteiger partial charge is 0.348 e. The van der Waals surface area contributed by atoms with Gasteiger partial charge in [0.2, 0.25) is 10.8 Å². The SMILES string of the molecule is CC[C@H](C)[C@H]([NH3+])c1nnc2sc(SCc3cc(C)ccc3C)nn12. The lowest BCUT2D eigenvalue weighted by atomic mass is 10.00. The first kappa shape index (κ1) is 17.4. The van der Waals surface area contributed by atoms with E-state index >= 15 is 0 Å². The van der Waals surface area contributed by atoms with Crippen molar-refractivity contribution in [2.75, 3.05) is 0 Å². The van der Waals surface area contributed by atoms with E-state index in [1.165, 1.54) is 16.7 Å². The quantitative estimate of drug-likeness (QED) is 0.682. The van der Waals surface area contributed by atoms with Gasteiger partial charge in [0.15, 0.2) is 4.34 Å². The highest BCUT2D eigenvalue weighted by Gasteiger charge is 2.24. The Labute approximate surface area is 150 Å². The van der Waals surface area contributed by atoms with E-state index in [1.807, 2.05) is 4.52 Å². The zero-order valence-corrected chi connectivity index (χ0v) is 16.2. The zero-order valence-electron chi connectivity index (χ0n) is 14.6. The molecule has 0 aliphatic heterocycles. The Morgan fingerprint density at radius 2 is 2.08 bits per heavy atom. The third kappa shape index (κ3) is 3.48. The molecule has 0 aliphatic rings. The third-order valence-electron chi connectivity index (χ3n) is 4.51. The van der Waals surface area contributed by atoms with E-state index < -0.39 is 0 Å². The molecule has 0 saturated carbocycles. The summed E-state index contributed by atoms with van der Waals surface area (Å²) < 4.78 is 2.90. The first-order valence-electron chi connectivity index (χ1n) is 8.23. The van der Waals surface area contributed by atoms with Gasteiger partial charge in [0.1, 0.15) is 6.04 Å². The molecule has 0 unspecified atom stereocenters. The van der Waals surface area contributed by atoms with Gasteiger partial charge >= 0.3 is 0 Å². The lowest BCUT2D eigenvalue weighted by molar-refractivity contribution is -0.441. The molecule has 24 heavy (non-hydrogen) atoms. The predicted octanol–water partition coefficient (Wildman–Crippen LogP) is 3.42. The maximum atomic E-state index is 4.71. The van der Waals surface area contributed by atoms with E-state index in [2.05, 4.69) is 61.8 Å². The molecule has 0 amide bonds. The van der Waals surface area contributed by atoms with Crippen molar-refractivity contribution in [2.45, 2.75) is 50.3 Å². The van der Waals surface area contributed by atoms with Crippen LogP contribution in [0.5, 0.6) is 0 Å². The summed E-state index contributed by atoms with van der Waals surface area (Å²) in [6.45, 7) is 8.66. The molecule has 0 saturated heterocycles. The van der Waals surface area contributed by atoms with Gasteiger partial charge in [-0.05, 0) is 31.4 Å². The van der Waals surface area contributed by atoms with Crippen molar-refractivity contribution < 1.29 is 5.73 Å². The summed E-state index contributed by atoms with van der Waals surface area (Å²) in [6, 6.07) is 6.70. The smallest absolute Gasteiger partial charge is 0.235 e. The van der Waals surface area contributed by atoms with Crippen LogP contribution in [0.1, 0.15) is 48.8 Å². The number of quaternary nitrogens is 1. The number of fused-ring (bicyclic) bond motifs is 1. The summed E-state index contributed by atoms with van der Waals surface area (Å²) in [4.78, 5) is 0.852. The standard InChI is InChI=1S/C17H23N5S2/c1-5-11(3)14(18)15-19-20-16-22(15)21-17(24-16)23-9-13-8-10(2)6-7-12(13)4/h6-8,11,14H,5,9,18H2,1-4H3/p+1/t11-,14-/m0/s1. The average Bonchev–Trinajstić information content (AvgIpc) is 3.14. The number of hydrogen-bond acceptors (Lipinski definition) is 5. The molecular formula is C17H24N5S2+. The Bertz CT molecular complexity index is 839. The third-order valence-corrected chi connectivity index (χ3v) is 6.60. The predicted molar refractivity (Wildman–Crippen MR) is 99.2 cm³/mol. The second-order valence-electron chi connectivity index (χ2n) is 6.33. The Morgan fingerprint density at radius 1 is 1.29 bits per heavy atom. The number of thioether (sulfide) groups is 1. The minimum atomic E-state index is 0.115. The summed E-state index contributed by atoms with van der Waals surface area (Å²) in [5, 5.41) is 13.3. The minimum absolute atomic E-state index is 0.115. The van der Waals surface area contributed by atoms with E-state index in [1.54, 1.807) is 23.1 Å². The summed E-state index contributed by atoms with van der Waals surface area (Å²) in [7, 11) is 0. The highest BCUT2D eigenvalue weighted by atomic mass is 32.2. The molecule has 5 nitrogen and oxygen atoms in total. The normalized spacial score (nSPS) is 14.2. The van der Waals surface area contributed by atoms with Gasteiger partial charge in [-0.2, -0.15) is 4.52 Å². The van der Waals surface area contributed by atoms with Crippen molar-refractivity contribution in [2.24, 2.45) is 5.92 Å². The van der Waals surface area contributed by atoms with Gasteiger partial charge < -0.3 is 5.73 Å². The summed E-state index contributed by atoms with van der Waals surface area (Å²) in [5.41, 5.74) is 8.24. The van der Waals surface area contributed by atoms with E-state index in [4.69, 9.17) is 5.10 Å². The zero-order chi connectivity index (χ0) is 17.3. The molecule has 2 heterocycles. The fraction of sp³-hybridized carbons (Fsp3) is 0.471. The Morgan fingerprint density at radius 3 is 2.83 bits per heavy atom. The highest BCUT2D eigenvalue weighted by molar-refractivity contribution is 8.00. The van der Waals surface area contributed by atoms with Crippen LogP contribution in [0, 0.1) is 19.8 Å². The van der Waals surface area contributed by atoms with E-state index in [0.717, 1.165) is 27.3 Å². The van der Waals surface area contributed by atoms with Crippen LogP contribution < -0.4 is 5.73 Å². The molecule has 3 aromatic rings. The fourth-order valence-electron chi connectivity index (χ4n) is 2.54. The van der Waals surface area contributed by atoms with Crippen LogP contribution in [0.3, 0.4) is 0 Å². The Hall–Kier alpha value is -1.44. The van der Waals surface area contributed by atoms with Crippen molar-refractivity contribution in [1.82, 2.24) is 19.8 Å². The number of nitrogens with zero attached hydrogens (tertiary/aromatic N) is 4. The van der Waals surface area contributed by atoms with Crippen molar-refractivity contribution in [1.29, 1.82) is 0 Å². The topological polar surface area (TPSA) is 70.7 Å². The lowest BCUT2D eigenvalue weighted by Gasteiger charge is -2.11. The molecule has 128 valence electrons. The van der Waals surface area contributed by atoms with Crippen molar-refractivity contribution in [3.05, 3.63) is 40.7 Å². The average molecular weight is 363 g/mol. The molecule has 0 spiro atoms. The maximum absolute atomic E-state index is 4.71. The van der Waals surface area contributed by atoms with Gasteiger partial charge in [-0.15, -0.1) is 15.3 Å². The number of hydrogen-bond donors (Lipinski definition) is 1. The summed E-state index contributed by atoms with van der Waals surface area (Å²) >= 11 is 3.36. The van der Waals surface area contributed by atoms with Crippen LogP contribution >= 0.6 is 23.1 Å². The molecule has 1 aromatic carbocycles. The number of aryl methyl sites for hydroxylation is 2. The Balaban J connectivity index is 1.79. The monoisotopic (exact) mass is 362 g/mol. The van der Waals surface area contributed by atoms with Crippen LogP contribution in [0.4, 0.5) is 0 Å². The van der Waals surface area contributed by atoms with E-state index in [9.17, 15) is 0 Å². The van der Waals surface area contributed by atoms with Crippen molar-refractivity contribution in [3.8, 4) is 0 Å². The van der Waals surface area contributed by atoms with Gasteiger partial charge in [0, 0.05) is 11.7 Å². The summed E-state index contributed by atoms with van der Waals surface area (Å²) in [5.74, 6) is 2.26. The van der Waals surface area contributed by atoms with Gasteiger partial charge in [-0.25, -0.2) is 0 Å². The van der Waals surface area contributed by atoms with Crippen LogP contribution in [0.25, 0.3) is 4.96 Å². The van der Waals surface area contributed by atoms with E-state index in [-0.39, 0.29) is 6.04 Å². The summed E-state index contributed by atoms with van der Waals surface area (Å²) in [6.07, 6.45) is 1.07. The van der Waals surface area contributed by atoms with E-state index in [0.29, 0.717) is 5.92 Å². The van der Waals surface area contributed by atoms with Crippen LogP contribution in [0.15, 0.2) is 22.5 Å². The maximum Gasteiger partial charge on any atom is 0.235 e. The molecule has 0 radical (unpaired) electrons. The van der Waals surface area contributed by atoms with Crippen LogP contribution in [-0.2, 0) is 5.75 Å². The number of rotatable bonds is 6. The first-order valence-corrected chi connectivity index (χ1v) is 10.0. The molecule has 2 atom stereocenters. The molecule has 0 aliphatic carbocycles. The molecule has 7 heteroatoms. The van der Waals surface area contributed by atoms with Gasteiger partial charge in [0.25, 0.3) is 0 Å². The lowest BCUT2D eigenvalue weighted by Crippen LogP contribution is -2.57. The second kappa shape index (κ2) is 7.21. The van der Waals surface area contributed by atoms with Crippen LogP contribution in [0.2, 0.25) is 0 Å². The molecule has 3 N–H and O–H groups in total. The molecule has 2 aromatic heterocycles. The van der Waals surface area contributed by atoms with Crippen molar-refractivity contribution in [3.63, 3.8) is 0 Å². The van der Waals surface area contributed by atoms with Crippen molar-refractivity contribution >= 4 is 28.1 Å². The Kier molecular flexibility index (Phi) is 5.22. The molecule has 0 fully saturated rings. The van der Waals surface area contributed by atoms with Crippen LogP contribution in [-0.4, -0.2) is 19.8 Å². The van der Waals surface area contributed by atoms with Gasteiger partial charge in [-0.3, -0.25) is 0 Å². The van der Waals surface area contributed by atoms with Gasteiger partial charge in [-0.1, -0.05) is 60.7 Å². The molecule has 0 bridgehead atoms. The second-order valence-corrected chi connectivity index (χ2v) is 8.51.